The molecule has 1 aliphatic heterocycles. The Morgan fingerprint density at radius 1 is 1.33 bits per heavy atom. The van der Waals surface area contributed by atoms with E-state index >= 15 is 0 Å². The Hall–Kier alpha value is -1.06. The fraction of sp³-hybridized carbons (Fsp3) is 0.882. The van der Waals surface area contributed by atoms with Gasteiger partial charge in [0.1, 0.15) is 5.78 Å². The van der Waals surface area contributed by atoms with E-state index in [1.165, 1.54) is 12.8 Å². The first-order valence-corrected chi connectivity index (χ1v) is 8.43. The third kappa shape index (κ3) is 2.36. The molecule has 0 aromatic carbocycles. The molecular formula is C17H27NO3. The first kappa shape index (κ1) is 14.9. The summed E-state index contributed by atoms with van der Waals surface area (Å²) < 4.78 is 5.24. The quantitative estimate of drug-likeness (QED) is 0.785. The molecule has 4 unspecified atom stereocenters. The number of carbonyl (C=O) groups excluding carboxylic acids is 2. The summed E-state index contributed by atoms with van der Waals surface area (Å²) in [6.07, 6.45) is 5.26. The van der Waals surface area contributed by atoms with E-state index in [0.717, 1.165) is 25.8 Å². The van der Waals surface area contributed by atoms with Gasteiger partial charge in [-0.3, -0.25) is 4.79 Å². The van der Waals surface area contributed by atoms with Gasteiger partial charge in [0.2, 0.25) is 0 Å². The summed E-state index contributed by atoms with van der Waals surface area (Å²) >= 11 is 0. The normalized spacial score (nSPS) is 37.9. The summed E-state index contributed by atoms with van der Waals surface area (Å²) in [5.74, 6) is 1.47. The van der Waals surface area contributed by atoms with Gasteiger partial charge in [0.25, 0.3) is 0 Å². The van der Waals surface area contributed by atoms with Crippen molar-refractivity contribution in [2.45, 2.75) is 58.9 Å². The zero-order chi connectivity index (χ0) is 15.2. The Balaban J connectivity index is 1.85. The number of Topliss-reactive ketones (excluding diaryl/α,β-unsaturated/α-hetero) is 1. The van der Waals surface area contributed by atoms with Crippen LogP contribution in [0.1, 0.15) is 52.9 Å². The molecule has 0 aromatic heterocycles. The molecule has 1 heterocycles. The molecule has 2 aliphatic carbocycles. The van der Waals surface area contributed by atoms with Crippen molar-refractivity contribution in [2.75, 3.05) is 13.2 Å². The fourth-order valence-corrected chi connectivity index (χ4v) is 4.86. The lowest BCUT2D eigenvalue weighted by molar-refractivity contribution is -0.129. The number of hydrogen-bond donors (Lipinski definition) is 0. The number of ether oxygens (including phenoxy) is 1. The number of fused-ring (bicyclic) bond motifs is 1. The van der Waals surface area contributed by atoms with Crippen LogP contribution < -0.4 is 0 Å². The van der Waals surface area contributed by atoms with E-state index in [1.54, 1.807) is 0 Å². The van der Waals surface area contributed by atoms with Crippen LogP contribution in [0.5, 0.6) is 0 Å². The third-order valence-corrected chi connectivity index (χ3v) is 5.95. The fourth-order valence-electron chi connectivity index (χ4n) is 4.86. The Morgan fingerprint density at radius 2 is 2.10 bits per heavy atom. The second kappa shape index (κ2) is 5.29. The van der Waals surface area contributed by atoms with Crippen LogP contribution in [0.25, 0.3) is 0 Å². The van der Waals surface area contributed by atoms with E-state index in [2.05, 4.69) is 0 Å². The molecule has 0 bridgehead atoms. The zero-order valence-corrected chi connectivity index (χ0v) is 13.4. The molecule has 118 valence electrons. The average molecular weight is 293 g/mol. The third-order valence-electron chi connectivity index (χ3n) is 5.95. The summed E-state index contributed by atoms with van der Waals surface area (Å²) in [4.78, 5) is 26.9. The highest BCUT2D eigenvalue weighted by Crippen LogP contribution is 2.50. The van der Waals surface area contributed by atoms with Gasteiger partial charge in [-0.05, 0) is 44.4 Å². The standard InChI is InChI=1S/C17H27NO3/c1-4-21-16(20)18-10-11-6-5-7-12(11)14(18)13-8-9-17(2,3)15(13)19/h11-14H,4-10H2,1-3H3. The predicted molar refractivity (Wildman–Crippen MR) is 79.9 cm³/mol. The number of rotatable bonds is 2. The van der Waals surface area contributed by atoms with Crippen LogP contribution in [0.4, 0.5) is 4.79 Å². The maximum Gasteiger partial charge on any atom is 0.410 e. The molecule has 4 atom stereocenters. The second-order valence-electron chi connectivity index (χ2n) is 7.59. The highest BCUT2D eigenvalue weighted by atomic mass is 16.6. The number of likely N-dealkylation sites (tertiary alicyclic amines) is 1. The van der Waals surface area contributed by atoms with Gasteiger partial charge in [-0.25, -0.2) is 4.79 Å². The van der Waals surface area contributed by atoms with Gasteiger partial charge in [-0.2, -0.15) is 0 Å². The molecule has 1 saturated heterocycles. The molecular weight excluding hydrogens is 266 g/mol. The first-order chi connectivity index (χ1) is 9.95. The van der Waals surface area contributed by atoms with Crippen LogP contribution in [-0.4, -0.2) is 36.0 Å². The van der Waals surface area contributed by atoms with Gasteiger partial charge in [-0.15, -0.1) is 0 Å². The smallest absolute Gasteiger partial charge is 0.410 e. The van der Waals surface area contributed by atoms with Gasteiger partial charge < -0.3 is 9.64 Å². The molecule has 4 nitrogen and oxygen atoms in total. The maximum absolute atomic E-state index is 12.7. The van der Waals surface area contributed by atoms with Gasteiger partial charge in [0, 0.05) is 23.9 Å². The van der Waals surface area contributed by atoms with Gasteiger partial charge in [0.15, 0.2) is 0 Å². The number of amides is 1. The monoisotopic (exact) mass is 293 g/mol. The van der Waals surface area contributed by atoms with Crippen LogP contribution in [-0.2, 0) is 9.53 Å². The summed E-state index contributed by atoms with van der Waals surface area (Å²) in [7, 11) is 0. The minimum atomic E-state index is -0.221. The molecule has 3 fully saturated rings. The van der Waals surface area contributed by atoms with Crippen molar-refractivity contribution >= 4 is 11.9 Å². The Kier molecular flexibility index (Phi) is 3.74. The van der Waals surface area contributed by atoms with Crippen molar-refractivity contribution < 1.29 is 14.3 Å². The van der Waals surface area contributed by atoms with E-state index in [0.29, 0.717) is 24.2 Å². The van der Waals surface area contributed by atoms with E-state index in [9.17, 15) is 9.59 Å². The number of hydrogen-bond acceptors (Lipinski definition) is 3. The van der Waals surface area contributed by atoms with E-state index in [1.807, 2.05) is 25.7 Å². The molecule has 1 amide bonds. The first-order valence-electron chi connectivity index (χ1n) is 8.43. The minimum absolute atomic E-state index is 0.0255. The SMILES string of the molecule is CCOC(=O)N1CC2CCCC2C1C1CCC(C)(C)C1=O. The minimum Gasteiger partial charge on any atom is -0.450 e. The van der Waals surface area contributed by atoms with Crippen molar-refractivity contribution in [2.24, 2.45) is 23.2 Å². The van der Waals surface area contributed by atoms with Crippen LogP contribution in [0.3, 0.4) is 0 Å². The van der Waals surface area contributed by atoms with E-state index < -0.39 is 0 Å². The van der Waals surface area contributed by atoms with Crippen LogP contribution in [0.2, 0.25) is 0 Å². The Labute approximate surface area is 127 Å². The van der Waals surface area contributed by atoms with Crippen molar-refractivity contribution in [1.29, 1.82) is 0 Å². The highest BCUT2D eigenvalue weighted by Gasteiger charge is 2.55. The molecule has 0 spiro atoms. The van der Waals surface area contributed by atoms with Crippen LogP contribution in [0.15, 0.2) is 0 Å². The van der Waals surface area contributed by atoms with Crippen molar-refractivity contribution in [3.05, 3.63) is 0 Å². The molecule has 0 radical (unpaired) electrons. The number of carbonyl (C=O) groups is 2. The molecule has 0 N–H and O–H groups in total. The maximum atomic E-state index is 12.7. The molecule has 3 aliphatic rings. The van der Waals surface area contributed by atoms with Gasteiger partial charge in [0.05, 0.1) is 6.61 Å². The molecule has 4 heteroatoms. The summed E-state index contributed by atoms with van der Waals surface area (Å²) in [6.45, 7) is 7.13. The summed E-state index contributed by atoms with van der Waals surface area (Å²) in [6, 6.07) is 0.0887. The van der Waals surface area contributed by atoms with Crippen LogP contribution >= 0.6 is 0 Å². The topological polar surface area (TPSA) is 46.6 Å². The van der Waals surface area contributed by atoms with E-state index in [-0.39, 0.29) is 23.5 Å². The Bertz CT molecular complexity index is 445. The second-order valence-corrected chi connectivity index (χ2v) is 7.59. The van der Waals surface area contributed by atoms with Crippen molar-refractivity contribution in [1.82, 2.24) is 4.90 Å². The summed E-state index contributed by atoms with van der Waals surface area (Å²) in [5, 5.41) is 0. The largest absolute Gasteiger partial charge is 0.450 e. The lowest BCUT2D eigenvalue weighted by atomic mass is 9.81. The van der Waals surface area contributed by atoms with Crippen LogP contribution in [0, 0.1) is 23.2 Å². The molecule has 2 saturated carbocycles. The molecule has 3 rings (SSSR count). The number of nitrogens with zero attached hydrogens (tertiary/aromatic N) is 1. The highest BCUT2D eigenvalue weighted by molar-refractivity contribution is 5.89. The van der Waals surface area contributed by atoms with Gasteiger partial charge in [-0.1, -0.05) is 20.3 Å². The van der Waals surface area contributed by atoms with E-state index in [4.69, 9.17) is 4.74 Å². The van der Waals surface area contributed by atoms with Crippen molar-refractivity contribution in [3.63, 3.8) is 0 Å². The van der Waals surface area contributed by atoms with Crippen molar-refractivity contribution in [3.8, 4) is 0 Å². The Morgan fingerprint density at radius 3 is 2.71 bits per heavy atom. The average Bonchev–Trinajstić information content (AvgIpc) is 3.06. The lowest BCUT2D eigenvalue weighted by Crippen LogP contribution is -2.45. The lowest BCUT2D eigenvalue weighted by Gasteiger charge is -2.32. The predicted octanol–water partition coefficient (Wildman–Crippen LogP) is 3.25. The zero-order valence-electron chi connectivity index (χ0n) is 13.4. The van der Waals surface area contributed by atoms with Gasteiger partial charge >= 0.3 is 6.09 Å². The number of ketones is 1. The molecule has 0 aromatic rings. The summed E-state index contributed by atoms with van der Waals surface area (Å²) in [5.41, 5.74) is -0.221. The molecule has 21 heavy (non-hydrogen) atoms.